The molecule has 1 N–H and O–H groups in total. The number of hydrogen-bond acceptors (Lipinski definition) is 3. The summed E-state index contributed by atoms with van der Waals surface area (Å²) >= 11 is 0. The zero-order valence-electron chi connectivity index (χ0n) is 11.4. The molecule has 0 spiro atoms. The van der Waals surface area contributed by atoms with Gasteiger partial charge in [-0.2, -0.15) is 4.31 Å². The third-order valence-corrected chi connectivity index (χ3v) is 6.34. The van der Waals surface area contributed by atoms with Crippen molar-refractivity contribution < 1.29 is 8.42 Å². The van der Waals surface area contributed by atoms with Gasteiger partial charge in [0.25, 0.3) is 0 Å². The first-order chi connectivity index (χ1) is 8.59. The molecule has 2 aliphatic heterocycles. The maximum Gasteiger partial charge on any atom is 0.214 e. The van der Waals surface area contributed by atoms with Gasteiger partial charge < -0.3 is 5.32 Å². The second-order valence-corrected chi connectivity index (χ2v) is 7.77. The average molecular weight is 274 g/mol. The van der Waals surface area contributed by atoms with Crippen LogP contribution in [-0.2, 0) is 10.0 Å². The Bertz CT molecular complexity index is 350. The molecule has 2 heterocycles. The Hall–Kier alpha value is -0.130. The van der Waals surface area contributed by atoms with Crippen LogP contribution in [0.25, 0.3) is 0 Å². The van der Waals surface area contributed by atoms with E-state index in [0.717, 1.165) is 51.7 Å². The third kappa shape index (κ3) is 3.68. The van der Waals surface area contributed by atoms with Crippen molar-refractivity contribution in [2.45, 2.75) is 51.5 Å². The summed E-state index contributed by atoms with van der Waals surface area (Å²) in [5.74, 6) is 0.642. The predicted molar refractivity (Wildman–Crippen MR) is 74.0 cm³/mol. The largest absolute Gasteiger partial charge is 0.316 e. The first-order valence-corrected chi connectivity index (χ1v) is 8.91. The van der Waals surface area contributed by atoms with Gasteiger partial charge in [-0.1, -0.05) is 12.8 Å². The zero-order valence-corrected chi connectivity index (χ0v) is 12.2. The van der Waals surface area contributed by atoms with Crippen LogP contribution in [0.5, 0.6) is 0 Å². The molecule has 0 aromatic carbocycles. The van der Waals surface area contributed by atoms with E-state index in [1.807, 2.05) is 0 Å². The van der Waals surface area contributed by atoms with Crippen molar-refractivity contribution in [2.75, 3.05) is 25.4 Å². The van der Waals surface area contributed by atoms with Crippen molar-refractivity contribution in [3.8, 4) is 0 Å². The summed E-state index contributed by atoms with van der Waals surface area (Å²) < 4.78 is 26.8. The van der Waals surface area contributed by atoms with Crippen LogP contribution in [0.3, 0.4) is 0 Å². The molecular formula is C13H26N2O2S. The lowest BCUT2D eigenvalue weighted by molar-refractivity contribution is 0.331. The molecule has 0 aromatic heterocycles. The van der Waals surface area contributed by atoms with Gasteiger partial charge in [0.2, 0.25) is 10.0 Å². The molecule has 2 rings (SSSR count). The standard InChI is InChI=1S/C13H26N2O2S/c1-12-6-3-2-4-9-15(12)18(16,17)11-13-7-5-8-14-10-13/h12-14H,2-11H2,1H3. The van der Waals surface area contributed by atoms with Crippen LogP contribution >= 0.6 is 0 Å². The van der Waals surface area contributed by atoms with Crippen molar-refractivity contribution in [3.05, 3.63) is 0 Å². The lowest BCUT2D eigenvalue weighted by Gasteiger charge is -2.29. The van der Waals surface area contributed by atoms with Gasteiger partial charge in [0.1, 0.15) is 0 Å². The highest BCUT2D eigenvalue weighted by Crippen LogP contribution is 2.22. The van der Waals surface area contributed by atoms with E-state index in [-0.39, 0.29) is 6.04 Å². The van der Waals surface area contributed by atoms with Gasteiger partial charge in [-0.15, -0.1) is 0 Å². The van der Waals surface area contributed by atoms with E-state index < -0.39 is 10.0 Å². The Morgan fingerprint density at radius 3 is 2.72 bits per heavy atom. The van der Waals surface area contributed by atoms with E-state index in [1.165, 1.54) is 6.42 Å². The van der Waals surface area contributed by atoms with Crippen LogP contribution in [0, 0.1) is 5.92 Å². The van der Waals surface area contributed by atoms with Crippen LogP contribution in [0.1, 0.15) is 45.4 Å². The molecule has 0 saturated carbocycles. The quantitative estimate of drug-likeness (QED) is 0.850. The Kier molecular flexibility index (Phi) is 5.04. The highest BCUT2D eigenvalue weighted by Gasteiger charge is 2.31. The van der Waals surface area contributed by atoms with Gasteiger partial charge in [-0.25, -0.2) is 8.42 Å². The van der Waals surface area contributed by atoms with Gasteiger partial charge in [-0.05, 0) is 51.6 Å². The SMILES string of the molecule is CC1CCCCCN1S(=O)(=O)CC1CCCNC1. The summed E-state index contributed by atoms with van der Waals surface area (Å²) in [7, 11) is -3.06. The van der Waals surface area contributed by atoms with Crippen molar-refractivity contribution >= 4 is 10.0 Å². The topological polar surface area (TPSA) is 49.4 Å². The summed E-state index contributed by atoms with van der Waals surface area (Å²) in [5, 5.41) is 3.30. The molecule has 18 heavy (non-hydrogen) atoms. The van der Waals surface area contributed by atoms with Crippen LogP contribution in [-0.4, -0.2) is 44.2 Å². The molecule has 106 valence electrons. The molecule has 4 nitrogen and oxygen atoms in total. The maximum absolute atomic E-state index is 12.5. The number of sulfonamides is 1. The van der Waals surface area contributed by atoms with E-state index in [2.05, 4.69) is 12.2 Å². The molecule has 2 saturated heterocycles. The van der Waals surface area contributed by atoms with Gasteiger partial charge in [0, 0.05) is 12.6 Å². The third-order valence-electron chi connectivity index (χ3n) is 4.19. The molecule has 2 unspecified atom stereocenters. The molecule has 0 radical (unpaired) electrons. The monoisotopic (exact) mass is 274 g/mol. The normalized spacial score (nSPS) is 32.1. The Balaban J connectivity index is 1.99. The summed E-state index contributed by atoms with van der Waals surface area (Å²) in [6, 6.07) is 0.189. The van der Waals surface area contributed by atoms with E-state index in [0.29, 0.717) is 11.7 Å². The number of hydrogen-bond donors (Lipinski definition) is 1. The maximum atomic E-state index is 12.5. The summed E-state index contributed by atoms with van der Waals surface area (Å²) in [6.07, 6.45) is 6.53. The van der Waals surface area contributed by atoms with E-state index in [9.17, 15) is 8.42 Å². The van der Waals surface area contributed by atoms with E-state index in [4.69, 9.17) is 0 Å². The minimum Gasteiger partial charge on any atom is -0.316 e. The Labute approximate surface area is 111 Å². The lowest BCUT2D eigenvalue weighted by atomic mass is 10.0. The molecular weight excluding hydrogens is 248 g/mol. The van der Waals surface area contributed by atoms with Gasteiger partial charge in [0.05, 0.1) is 5.75 Å². The van der Waals surface area contributed by atoms with E-state index in [1.54, 1.807) is 4.31 Å². The van der Waals surface area contributed by atoms with Crippen molar-refractivity contribution in [1.82, 2.24) is 9.62 Å². The molecule has 0 aromatic rings. The summed E-state index contributed by atoms with van der Waals surface area (Å²) in [6.45, 7) is 4.68. The number of nitrogens with zero attached hydrogens (tertiary/aromatic N) is 1. The second-order valence-electron chi connectivity index (χ2n) is 5.80. The highest BCUT2D eigenvalue weighted by molar-refractivity contribution is 7.89. The minimum absolute atomic E-state index is 0.189. The van der Waals surface area contributed by atoms with Crippen molar-refractivity contribution in [3.63, 3.8) is 0 Å². The van der Waals surface area contributed by atoms with E-state index >= 15 is 0 Å². The van der Waals surface area contributed by atoms with Crippen molar-refractivity contribution in [1.29, 1.82) is 0 Å². The van der Waals surface area contributed by atoms with Gasteiger partial charge >= 0.3 is 0 Å². The Morgan fingerprint density at radius 2 is 2.00 bits per heavy atom. The molecule has 5 heteroatoms. The minimum atomic E-state index is -3.06. The molecule has 2 fully saturated rings. The van der Waals surface area contributed by atoms with Crippen LogP contribution in [0.2, 0.25) is 0 Å². The molecule has 2 atom stereocenters. The first kappa shape index (κ1) is 14.3. The fraction of sp³-hybridized carbons (Fsp3) is 1.00. The Morgan fingerprint density at radius 1 is 1.17 bits per heavy atom. The first-order valence-electron chi connectivity index (χ1n) is 7.30. The van der Waals surface area contributed by atoms with Crippen LogP contribution in [0.15, 0.2) is 0 Å². The molecule has 2 aliphatic rings. The number of rotatable bonds is 3. The summed E-state index contributed by atoms with van der Waals surface area (Å²) in [5.41, 5.74) is 0. The molecule has 0 aliphatic carbocycles. The number of piperidine rings is 1. The fourth-order valence-corrected chi connectivity index (χ4v) is 5.25. The van der Waals surface area contributed by atoms with Gasteiger partial charge in [0.15, 0.2) is 0 Å². The highest BCUT2D eigenvalue weighted by atomic mass is 32.2. The van der Waals surface area contributed by atoms with Crippen LogP contribution < -0.4 is 5.32 Å². The zero-order chi connectivity index (χ0) is 13.0. The van der Waals surface area contributed by atoms with Gasteiger partial charge in [-0.3, -0.25) is 0 Å². The average Bonchev–Trinajstić information content (AvgIpc) is 2.55. The van der Waals surface area contributed by atoms with Crippen molar-refractivity contribution in [2.24, 2.45) is 5.92 Å². The number of nitrogens with one attached hydrogen (secondary N) is 1. The van der Waals surface area contributed by atoms with Crippen LogP contribution in [0.4, 0.5) is 0 Å². The lowest BCUT2D eigenvalue weighted by Crippen LogP contribution is -2.43. The second kappa shape index (κ2) is 6.35. The fourth-order valence-electron chi connectivity index (χ4n) is 3.12. The summed E-state index contributed by atoms with van der Waals surface area (Å²) in [4.78, 5) is 0. The smallest absolute Gasteiger partial charge is 0.214 e. The predicted octanol–water partition coefficient (Wildman–Crippen LogP) is 1.58. The molecule has 0 bridgehead atoms. The molecule has 0 amide bonds.